The number of Topliss-reactive ketones (excluding diaryl/α,β-unsaturated/α-hetero) is 1. The molecule has 2 aromatic carbocycles. The van der Waals surface area contributed by atoms with Gasteiger partial charge in [-0.15, -0.1) is 0 Å². The van der Waals surface area contributed by atoms with Crippen LogP contribution in [0, 0.1) is 11.8 Å². The minimum absolute atomic E-state index is 0.0969. The molecule has 10 heteroatoms. The average molecular weight is 716 g/mol. The van der Waals surface area contributed by atoms with Gasteiger partial charge in [-0.3, -0.25) is 14.4 Å². The van der Waals surface area contributed by atoms with Crippen molar-refractivity contribution in [3.05, 3.63) is 47.5 Å². The standard InChI is InChI=1S/C40H61NO8S/c1-13-14-15-16-26(2)37(43)41-33(21-28-17-19-29(20-18-28)49-40(7,8)9)34(42)24-31(27(3)48-39(4,5)6)38(44)50-25-32-35(46-11)22-30(45-10)23-36(32)47-12/h17-20,22-23,26-27,31,33H,13-16,21,24-25H2,1-12H3,(H,41,43)/t26-,27+,31-,33-/m0/s1. The lowest BCUT2D eigenvalue weighted by atomic mass is 9.91. The van der Waals surface area contributed by atoms with Gasteiger partial charge in [0.1, 0.15) is 28.6 Å². The molecule has 0 aliphatic carbocycles. The number of rotatable bonds is 20. The molecular formula is C40H61NO8S. The zero-order valence-corrected chi connectivity index (χ0v) is 33.2. The Bertz CT molecular complexity index is 1350. The first-order chi connectivity index (χ1) is 23.4. The van der Waals surface area contributed by atoms with Crippen molar-refractivity contribution < 1.29 is 38.1 Å². The second kappa shape index (κ2) is 20.0. The van der Waals surface area contributed by atoms with E-state index in [0.29, 0.717) is 22.8 Å². The number of nitrogens with one attached hydrogen (secondary N) is 1. The lowest BCUT2D eigenvalue weighted by Gasteiger charge is -2.31. The third-order valence-corrected chi connectivity index (χ3v) is 9.21. The van der Waals surface area contributed by atoms with E-state index in [9.17, 15) is 14.4 Å². The number of benzene rings is 2. The first kappa shape index (κ1) is 42.9. The molecule has 0 aromatic heterocycles. The predicted octanol–water partition coefficient (Wildman–Crippen LogP) is 8.37. The van der Waals surface area contributed by atoms with Crippen LogP contribution in [0.4, 0.5) is 0 Å². The number of ether oxygens (including phenoxy) is 5. The molecule has 1 N–H and O–H groups in total. The van der Waals surface area contributed by atoms with Gasteiger partial charge in [0.05, 0.1) is 45.0 Å². The van der Waals surface area contributed by atoms with Gasteiger partial charge in [0.25, 0.3) is 0 Å². The van der Waals surface area contributed by atoms with E-state index < -0.39 is 23.7 Å². The highest BCUT2D eigenvalue weighted by Gasteiger charge is 2.35. The highest BCUT2D eigenvalue weighted by atomic mass is 32.2. The Morgan fingerprint density at radius 1 is 0.820 bits per heavy atom. The molecule has 4 atom stereocenters. The minimum Gasteiger partial charge on any atom is -0.496 e. The molecule has 0 fully saturated rings. The van der Waals surface area contributed by atoms with Gasteiger partial charge in [0.15, 0.2) is 10.9 Å². The molecule has 0 aliphatic rings. The second-order valence-corrected chi connectivity index (χ2v) is 15.8. The number of hydrogen-bond donors (Lipinski definition) is 1. The summed E-state index contributed by atoms with van der Waals surface area (Å²) in [5.41, 5.74) is 0.673. The average Bonchev–Trinajstić information content (AvgIpc) is 3.04. The van der Waals surface area contributed by atoms with Crippen LogP contribution in [-0.2, 0) is 31.3 Å². The van der Waals surface area contributed by atoms with Crippen molar-refractivity contribution in [3.8, 4) is 23.0 Å². The monoisotopic (exact) mass is 715 g/mol. The summed E-state index contributed by atoms with van der Waals surface area (Å²) in [5.74, 6) is 1.19. The Morgan fingerprint density at radius 3 is 1.92 bits per heavy atom. The van der Waals surface area contributed by atoms with Crippen molar-refractivity contribution >= 4 is 28.6 Å². The van der Waals surface area contributed by atoms with Crippen molar-refractivity contribution in [3.63, 3.8) is 0 Å². The van der Waals surface area contributed by atoms with Crippen LogP contribution >= 0.6 is 11.8 Å². The van der Waals surface area contributed by atoms with E-state index in [1.165, 1.54) is 0 Å². The highest BCUT2D eigenvalue weighted by molar-refractivity contribution is 8.13. The van der Waals surface area contributed by atoms with Crippen LogP contribution in [0.5, 0.6) is 23.0 Å². The molecule has 0 unspecified atom stereocenters. The number of carbonyl (C=O) groups is 3. The number of unbranched alkanes of at least 4 members (excludes halogenated alkanes) is 2. The summed E-state index contributed by atoms with van der Waals surface area (Å²) in [5, 5.41) is 2.85. The van der Waals surface area contributed by atoms with E-state index in [2.05, 4.69) is 12.2 Å². The first-order valence-electron chi connectivity index (χ1n) is 17.7. The van der Waals surface area contributed by atoms with Gasteiger partial charge in [-0.2, -0.15) is 0 Å². The Morgan fingerprint density at radius 2 is 1.42 bits per heavy atom. The van der Waals surface area contributed by atoms with Crippen LogP contribution < -0.4 is 24.3 Å². The molecule has 280 valence electrons. The van der Waals surface area contributed by atoms with E-state index in [1.54, 1.807) is 33.5 Å². The number of ketones is 1. The van der Waals surface area contributed by atoms with Gasteiger partial charge in [0.2, 0.25) is 5.91 Å². The van der Waals surface area contributed by atoms with Crippen molar-refractivity contribution in [2.24, 2.45) is 11.8 Å². The van der Waals surface area contributed by atoms with E-state index in [-0.39, 0.29) is 46.9 Å². The molecular weight excluding hydrogens is 655 g/mol. The van der Waals surface area contributed by atoms with Gasteiger partial charge >= 0.3 is 0 Å². The second-order valence-electron chi connectivity index (χ2n) is 14.9. The number of amides is 1. The van der Waals surface area contributed by atoms with Crippen LogP contribution in [0.2, 0.25) is 0 Å². The molecule has 1 amide bonds. The first-order valence-corrected chi connectivity index (χ1v) is 18.6. The lowest BCUT2D eigenvalue weighted by Crippen LogP contribution is -2.46. The Kier molecular flexibility index (Phi) is 17.1. The SMILES string of the molecule is CCCCC[C@H](C)C(=O)N[C@@H](Cc1ccc(OC(C)(C)C)cc1)C(=O)C[C@H](C(=O)SCc1c(OC)cc(OC)cc1OC)[C@@H](C)OC(C)(C)C. The van der Waals surface area contributed by atoms with Crippen molar-refractivity contribution in [2.75, 3.05) is 21.3 Å². The Labute approximate surface area is 304 Å². The van der Waals surface area contributed by atoms with Crippen LogP contribution in [0.25, 0.3) is 0 Å². The maximum absolute atomic E-state index is 14.2. The maximum Gasteiger partial charge on any atom is 0.223 e. The number of thioether (sulfide) groups is 1. The smallest absolute Gasteiger partial charge is 0.223 e. The van der Waals surface area contributed by atoms with Gasteiger partial charge in [-0.1, -0.05) is 57.0 Å². The van der Waals surface area contributed by atoms with Gasteiger partial charge in [-0.25, -0.2) is 0 Å². The van der Waals surface area contributed by atoms with E-state index in [1.807, 2.05) is 79.7 Å². The molecule has 0 bridgehead atoms. The summed E-state index contributed by atoms with van der Waals surface area (Å²) < 4.78 is 28.8. The molecule has 0 aliphatic heterocycles. The summed E-state index contributed by atoms with van der Waals surface area (Å²) >= 11 is 1.08. The quantitative estimate of drug-likeness (QED) is 0.135. The summed E-state index contributed by atoms with van der Waals surface area (Å²) in [4.78, 5) is 41.7. The fourth-order valence-electron chi connectivity index (χ4n) is 5.58. The molecule has 0 saturated carbocycles. The summed E-state index contributed by atoms with van der Waals surface area (Å²) in [6.07, 6.45) is 3.40. The summed E-state index contributed by atoms with van der Waals surface area (Å²) in [7, 11) is 4.66. The zero-order valence-electron chi connectivity index (χ0n) is 32.4. The van der Waals surface area contributed by atoms with Gasteiger partial charge in [-0.05, 0) is 79.0 Å². The fourth-order valence-corrected chi connectivity index (χ4v) is 6.64. The molecule has 0 saturated heterocycles. The van der Waals surface area contributed by atoms with E-state index in [4.69, 9.17) is 23.7 Å². The molecule has 50 heavy (non-hydrogen) atoms. The van der Waals surface area contributed by atoms with Crippen molar-refractivity contribution in [2.45, 2.75) is 130 Å². The highest BCUT2D eigenvalue weighted by Crippen LogP contribution is 2.38. The number of methoxy groups -OCH3 is 3. The van der Waals surface area contributed by atoms with Crippen molar-refractivity contribution in [1.29, 1.82) is 0 Å². The zero-order chi connectivity index (χ0) is 37.6. The van der Waals surface area contributed by atoms with Crippen LogP contribution in [0.1, 0.15) is 106 Å². The summed E-state index contributed by atoms with van der Waals surface area (Å²) in [6, 6.07) is 10.2. The Hall–Kier alpha value is -3.24. The molecule has 0 radical (unpaired) electrons. The van der Waals surface area contributed by atoms with Crippen LogP contribution in [0.3, 0.4) is 0 Å². The van der Waals surface area contributed by atoms with Crippen LogP contribution in [0.15, 0.2) is 36.4 Å². The molecule has 2 rings (SSSR count). The summed E-state index contributed by atoms with van der Waals surface area (Å²) in [6.45, 7) is 17.6. The maximum atomic E-state index is 14.2. The molecule has 0 spiro atoms. The third-order valence-electron chi connectivity index (χ3n) is 8.19. The predicted molar refractivity (Wildman–Crippen MR) is 202 cm³/mol. The van der Waals surface area contributed by atoms with Crippen molar-refractivity contribution in [1.82, 2.24) is 5.32 Å². The number of hydrogen-bond acceptors (Lipinski definition) is 9. The topological polar surface area (TPSA) is 109 Å². The van der Waals surface area contributed by atoms with E-state index in [0.717, 1.165) is 48.8 Å². The number of carbonyl (C=O) groups excluding carboxylic acids is 3. The lowest BCUT2D eigenvalue weighted by molar-refractivity contribution is -0.135. The Balaban J connectivity index is 2.39. The normalized spacial score (nSPS) is 14.2. The van der Waals surface area contributed by atoms with E-state index >= 15 is 0 Å². The largest absolute Gasteiger partial charge is 0.496 e. The van der Waals surface area contributed by atoms with Crippen LogP contribution in [-0.4, -0.2) is 61.5 Å². The third kappa shape index (κ3) is 14.5. The molecule has 0 heterocycles. The molecule has 9 nitrogen and oxygen atoms in total. The fraction of sp³-hybridized carbons (Fsp3) is 0.625. The molecule has 2 aromatic rings. The minimum atomic E-state index is -0.825. The van der Waals surface area contributed by atoms with Gasteiger partial charge < -0.3 is 29.0 Å². The van der Waals surface area contributed by atoms with Gasteiger partial charge in [0, 0.05) is 35.8 Å².